The summed E-state index contributed by atoms with van der Waals surface area (Å²) >= 11 is 0. The van der Waals surface area contributed by atoms with E-state index < -0.39 is 0 Å². The number of aromatic nitrogens is 1. The molecule has 0 aliphatic carbocycles. The van der Waals surface area contributed by atoms with Gasteiger partial charge in [-0.25, -0.2) is 0 Å². The highest BCUT2D eigenvalue weighted by Crippen LogP contribution is 2.40. The van der Waals surface area contributed by atoms with E-state index in [0.29, 0.717) is 70.7 Å². The zero-order valence-corrected chi connectivity index (χ0v) is 29.9. The van der Waals surface area contributed by atoms with Gasteiger partial charge in [0, 0.05) is 43.8 Å². The molecule has 2 amide bonds. The second-order valence-corrected chi connectivity index (χ2v) is 13.8. The summed E-state index contributed by atoms with van der Waals surface area (Å²) in [6.45, 7) is 1.42. The summed E-state index contributed by atoms with van der Waals surface area (Å²) in [5, 5.41) is 0. The largest absolute Gasteiger partial charge is 0.493 e. The van der Waals surface area contributed by atoms with Gasteiger partial charge in [0.15, 0.2) is 23.0 Å². The second kappa shape index (κ2) is 13.8. The number of ether oxygens (including phenoxy) is 4. The monoisotopic (exact) mass is 719 g/mol. The Kier molecular flexibility index (Phi) is 8.53. The second-order valence-electron chi connectivity index (χ2n) is 13.8. The number of nitrogens with zero attached hydrogens (tertiary/aromatic N) is 5. The van der Waals surface area contributed by atoms with E-state index in [1.807, 2.05) is 58.6 Å². The first-order valence-electron chi connectivity index (χ1n) is 17.9. The first kappa shape index (κ1) is 33.4. The van der Waals surface area contributed by atoms with E-state index >= 15 is 0 Å². The molecule has 0 spiro atoms. The molecule has 4 aliphatic rings. The number of amides is 2. The standard InChI is InChI=1S/C43H37N5O6/c1-51-38-16-34-36(45-20-32-14-27-7-3-5-9-29(27)22-47(32)42(34)49)18-40(38)53-24-26-11-12-44-31(13-26)25-54-41-19-37-35(17-39(41)52-2)43(50)48-23-30-10-6-4-8-28(30)15-33(48)21-46-37/h3-13,16-21,32-33H,14-15,22-25H2,1-2H3/t32-,33-/m0/s1. The number of pyridine rings is 1. The van der Waals surface area contributed by atoms with Crippen LogP contribution in [0, 0.1) is 0 Å². The number of aliphatic imine (C=N–C) groups is 2. The van der Waals surface area contributed by atoms with Crippen molar-refractivity contribution in [3.63, 3.8) is 0 Å². The van der Waals surface area contributed by atoms with E-state index in [0.717, 1.165) is 23.1 Å². The lowest BCUT2D eigenvalue weighted by Gasteiger charge is -2.34. The van der Waals surface area contributed by atoms with Crippen LogP contribution < -0.4 is 18.9 Å². The predicted molar refractivity (Wildman–Crippen MR) is 203 cm³/mol. The van der Waals surface area contributed by atoms with Crippen LogP contribution in [-0.2, 0) is 39.1 Å². The summed E-state index contributed by atoms with van der Waals surface area (Å²) < 4.78 is 23.8. The van der Waals surface area contributed by atoms with Gasteiger partial charge in [0.2, 0.25) is 0 Å². The highest BCUT2D eigenvalue weighted by molar-refractivity contribution is 6.04. The van der Waals surface area contributed by atoms with Gasteiger partial charge in [0.05, 0.1) is 54.5 Å². The van der Waals surface area contributed by atoms with E-state index in [-0.39, 0.29) is 37.1 Å². The third-order valence-corrected chi connectivity index (χ3v) is 10.5. The fourth-order valence-corrected chi connectivity index (χ4v) is 7.66. The maximum Gasteiger partial charge on any atom is 0.257 e. The highest BCUT2D eigenvalue weighted by Gasteiger charge is 2.35. The van der Waals surface area contributed by atoms with Crippen molar-refractivity contribution >= 4 is 35.6 Å². The number of methoxy groups -OCH3 is 2. The molecule has 54 heavy (non-hydrogen) atoms. The molecule has 0 N–H and O–H groups in total. The SMILES string of the molecule is COc1cc2c(cc1OCc1ccnc(COc3cc4c(cc3OC)C(=O)N3Cc5ccccc5C[C@H]3C=N4)c1)N=C[C@@H]1Cc3ccccc3CN1C2=O. The minimum Gasteiger partial charge on any atom is -0.493 e. The Balaban J connectivity index is 0.897. The molecule has 11 heteroatoms. The number of rotatable bonds is 8. The number of benzene rings is 4. The minimum absolute atomic E-state index is 0.0862. The lowest BCUT2D eigenvalue weighted by Crippen LogP contribution is -2.44. The molecule has 0 fully saturated rings. The van der Waals surface area contributed by atoms with E-state index in [9.17, 15) is 9.59 Å². The maximum atomic E-state index is 13.8. The third-order valence-electron chi connectivity index (χ3n) is 10.5. The summed E-state index contributed by atoms with van der Waals surface area (Å²) in [7, 11) is 3.11. The Morgan fingerprint density at radius 1 is 0.611 bits per heavy atom. The van der Waals surface area contributed by atoms with E-state index in [1.165, 1.54) is 11.1 Å². The number of carbonyl (C=O) groups excluding carboxylic acids is 2. The maximum absolute atomic E-state index is 13.8. The molecule has 0 saturated heterocycles. The molecule has 270 valence electrons. The van der Waals surface area contributed by atoms with Crippen LogP contribution >= 0.6 is 0 Å². The van der Waals surface area contributed by atoms with Crippen LogP contribution in [0.15, 0.2) is 101 Å². The van der Waals surface area contributed by atoms with E-state index in [1.54, 1.807) is 44.7 Å². The number of fused-ring (bicyclic) bond motifs is 6. The Morgan fingerprint density at radius 2 is 1.11 bits per heavy atom. The van der Waals surface area contributed by atoms with Gasteiger partial charge in [0.25, 0.3) is 11.8 Å². The summed E-state index contributed by atoms with van der Waals surface area (Å²) in [4.78, 5) is 45.3. The number of hydrogen-bond acceptors (Lipinski definition) is 9. The van der Waals surface area contributed by atoms with Gasteiger partial charge in [-0.2, -0.15) is 0 Å². The fraction of sp³-hybridized carbons (Fsp3) is 0.233. The van der Waals surface area contributed by atoms with Crippen LogP contribution in [0.3, 0.4) is 0 Å². The first-order chi connectivity index (χ1) is 26.4. The van der Waals surface area contributed by atoms with Crippen LogP contribution in [0.25, 0.3) is 0 Å². The van der Waals surface area contributed by atoms with Crippen LogP contribution in [0.2, 0.25) is 0 Å². The molecule has 2 atom stereocenters. The van der Waals surface area contributed by atoms with Crippen LogP contribution in [0.1, 0.15) is 54.2 Å². The molecule has 5 heterocycles. The van der Waals surface area contributed by atoms with Crippen molar-refractivity contribution in [2.45, 2.75) is 51.2 Å². The zero-order valence-electron chi connectivity index (χ0n) is 29.9. The number of carbonyl (C=O) groups is 2. The predicted octanol–water partition coefficient (Wildman–Crippen LogP) is 6.82. The molecule has 4 aromatic carbocycles. The van der Waals surface area contributed by atoms with Crippen molar-refractivity contribution in [1.82, 2.24) is 14.8 Å². The zero-order chi connectivity index (χ0) is 36.8. The topological polar surface area (TPSA) is 115 Å². The van der Waals surface area contributed by atoms with Gasteiger partial charge >= 0.3 is 0 Å². The summed E-state index contributed by atoms with van der Waals surface area (Å²) in [6.07, 6.45) is 6.85. The van der Waals surface area contributed by atoms with E-state index in [2.05, 4.69) is 29.2 Å². The molecule has 11 nitrogen and oxygen atoms in total. The Bertz CT molecular complexity index is 2210. The van der Waals surface area contributed by atoms with Gasteiger partial charge < -0.3 is 28.7 Å². The normalized spacial score (nSPS) is 17.9. The lowest BCUT2D eigenvalue weighted by molar-refractivity contribution is 0.0696. The molecular weight excluding hydrogens is 683 g/mol. The van der Waals surface area contributed by atoms with E-state index in [4.69, 9.17) is 28.9 Å². The van der Waals surface area contributed by atoms with Crippen molar-refractivity contribution in [1.29, 1.82) is 0 Å². The third kappa shape index (κ3) is 6.11. The van der Waals surface area contributed by atoms with Crippen molar-refractivity contribution in [2.24, 2.45) is 9.98 Å². The lowest BCUT2D eigenvalue weighted by atomic mass is 9.94. The molecule has 5 aromatic rings. The fourth-order valence-electron chi connectivity index (χ4n) is 7.66. The Hall–Kier alpha value is -6.49. The highest BCUT2D eigenvalue weighted by atomic mass is 16.5. The Labute approximate surface area is 312 Å². The molecule has 0 bridgehead atoms. The summed E-state index contributed by atoms with van der Waals surface area (Å²) in [6, 6.07) is 26.9. The van der Waals surface area contributed by atoms with Crippen molar-refractivity contribution < 1.29 is 28.5 Å². The molecule has 9 rings (SSSR count). The van der Waals surface area contributed by atoms with Gasteiger partial charge in [0.1, 0.15) is 13.2 Å². The molecule has 0 unspecified atom stereocenters. The van der Waals surface area contributed by atoms with Gasteiger partial charge in [-0.15, -0.1) is 0 Å². The average Bonchev–Trinajstić information content (AvgIpc) is 3.42. The number of hydrogen-bond donors (Lipinski definition) is 0. The van der Waals surface area contributed by atoms with Crippen LogP contribution in [-0.4, -0.2) is 65.3 Å². The molecule has 0 radical (unpaired) electrons. The molecule has 1 aromatic heterocycles. The van der Waals surface area contributed by atoms with Crippen molar-refractivity contribution in [3.05, 3.63) is 136 Å². The van der Waals surface area contributed by atoms with Gasteiger partial charge in [-0.3, -0.25) is 24.6 Å². The molecule has 4 aliphatic heterocycles. The van der Waals surface area contributed by atoms with Crippen molar-refractivity contribution in [2.75, 3.05) is 14.2 Å². The average molecular weight is 720 g/mol. The van der Waals surface area contributed by atoms with Gasteiger partial charge in [-0.1, -0.05) is 48.5 Å². The van der Waals surface area contributed by atoms with Crippen LogP contribution in [0.5, 0.6) is 23.0 Å². The molecular formula is C43H37N5O6. The van der Waals surface area contributed by atoms with Gasteiger partial charge in [-0.05, 0) is 64.9 Å². The smallest absolute Gasteiger partial charge is 0.257 e. The quantitative estimate of drug-likeness (QED) is 0.173. The van der Waals surface area contributed by atoms with Crippen LogP contribution in [0.4, 0.5) is 11.4 Å². The first-order valence-corrected chi connectivity index (χ1v) is 17.9. The minimum atomic E-state index is -0.133. The Morgan fingerprint density at radius 3 is 1.63 bits per heavy atom. The summed E-state index contributed by atoms with van der Waals surface area (Å²) in [5.41, 5.74) is 8.32. The summed E-state index contributed by atoms with van der Waals surface area (Å²) in [5.74, 6) is 1.64. The molecule has 0 saturated carbocycles. The van der Waals surface area contributed by atoms with Crippen molar-refractivity contribution in [3.8, 4) is 23.0 Å².